The van der Waals surface area contributed by atoms with E-state index in [0.29, 0.717) is 32.5 Å². The van der Waals surface area contributed by atoms with Gasteiger partial charge in [-0.25, -0.2) is 0 Å². The molecule has 0 bridgehead atoms. The average Bonchev–Trinajstić information content (AvgIpc) is 2.42. The molecule has 0 atom stereocenters. The molecule has 0 radical (unpaired) electrons. The second-order valence-corrected chi connectivity index (χ2v) is 7.87. The van der Waals surface area contributed by atoms with Gasteiger partial charge in [-0.15, -0.1) is 0 Å². The molecule has 1 rings (SSSR count). The minimum Gasteiger partial charge on any atom is -0.469 e. The Kier molecular flexibility index (Phi) is 6.15. The van der Waals surface area contributed by atoms with Crippen molar-refractivity contribution >= 4 is 16.2 Å². The van der Waals surface area contributed by atoms with Crippen molar-refractivity contribution in [2.45, 2.75) is 39.2 Å². The topological polar surface area (TPSA) is 87.2 Å². The first-order valence-corrected chi connectivity index (χ1v) is 8.57. The molecule has 0 amide bonds. The van der Waals surface area contributed by atoms with Crippen LogP contribution >= 0.6 is 0 Å². The zero-order valence-electron chi connectivity index (χ0n) is 13.2. The van der Waals surface area contributed by atoms with Crippen LogP contribution in [0.2, 0.25) is 0 Å². The molecule has 1 saturated heterocycles. The highest BCUT2D eigenvalue weighted by molar-refractivity contribution is 7.86. The molecule has 8 heteroatoms. The Morgan fingerprint density at radius 3 is 2.29 bits per heavy atom. The molecule has 1 N–H and O–H groups in total. The third-order valence-electron chi connectivity index (χ3n) is 3.56. The van der Waals surface area contributed by atoms with Crippen molar-refractivity contribution in [2.75, 3.05) is 33.3 Å². The molecule has 0 aromatic rings. The van der Waals surface area contributed by atoms with Crippen LogP contribution in [0.15, 0.2) is 0 Å². The van der Waals surface area contributed by atoms with Crippen molar-refractivity contribution in [1.29, 1.82) is 0 Å². The average molecular weight is 322 g/mol. The SMILES string of the molecule is CCN(CC(C)(C)O)S(=O)(=O)N1CCC(C(=O)OC)CC1. The summed E-state index contributed by atoms with van der Waals surface area (Å²) in [5.74, 6) is -0.512. The Labute approximate surface area is 127 Å². The van der Waals surface area contributed by atoms with Crippen molar-refractivity contribution < 1.29 is 23.1 Å². The van der Waals surface area contributed by atoms with Crippen LogP contribution in [0.25, 0.3) is 0 Å². The number of methoxy groups -OCH3 is 1. The Morgan fingerprint density at radius 2 is 1.90 bits per heavy atom. The molecule has 21 heavy (non-hydrogen) atoms. The molecule has 0 saturated carbocycles. The van der Waals surface area contributed by atoms with Gasteiger partial charge in [0.2, 0.25) is 0 Å². The largest absolute Gasteiger partial charge is 0.469 e. The number of hydrogen-bond acceptors (Lipinski definition) is 5. The monoisotopic (exact) mass is 322 g/mol. The minimum atomic E-state index is -3.61. The number of carbonyl (C=O) groups excluding carboxylic acids is 1. The smallest absolute Gasteiger partial charge is 0.308 e. The van der Waals surface area contributed by atoms with Gasteiger partial charge in [-0.05, 0) is 26.7 Å². The zero-order valence-corrected chi connectivity index (χ0v) is 14.0. The Morgan fingerprint density at radius 1 is 1.38 bits per heavy atom. The number of hydrogen-bond donors (Lipinski definition) is 1. The fourth-order valence-corrected chi connectivity index (χ4v) is 4.24. The molecule has 0 aromatic heterocycles. The lowest BCUT2D eigenvalue weighted by molar-refractivity contribution is -0.146. The molecule has 0 aromatic carbocycles. The number of esters is 1. The van der Waals surface area contributed by atoms with Gasteiger partial charge in [0.1, 0.15) is 0 Å². The van der Waals surface area contributed by atoms with Crippen molar-refractivity contribution in [3.63, 3.8) is 0 Å². The predicted octanol–water partition coefficient (Wildman–Crippen LogP) is 0.209. The molecule has 1 fully saturated rings. The number of nitrogens with zero attached hydrogens (tertiary/aromatic N) is 2. The summed E-state index contributed by atoms with van der Waals surface area (Å²) >= 11 is 0. The van der Waals surface area contributed by atoms with Crippen LogP contribution in [0.4, 0.5) is 0 Å². The maximum Gasteiger partial charge on any atom is 0.308 e. The zero-order chi connectivity index (χ0) is 16.3. The highest BCUT2D eigenvalue weighted by Crippen LogP contribution is 2.23. The summed E-state index contributed by atoms with van der Waals surface area (Å²) in [5, 5.41) is 9.84. The molecular weight excluding hydrogens is 296 g/mol. The van der Waals surface area contributed by atoms with Gasteiger partial charge in [0.05, 0.1) is 18.6 Å². The van der Waals surface area contributed by atoms with E-state index in [0.717, 1.165) is 0 Å². The lowest BCUT2D eigenvalue weighted by atomic mass is 9.99. The van der Waals surface area contributed by atoms with Crippen LogP contribution < -0.4 is 0 Å². The maximum atomic E-state index is 12.6. The minimum absolute atomic E-state index is 0.0444. The normalized spacial score (nSPS) is 19.0. The van der Waals surface area contributed by atoms with Crippen LogP contribution in [-0.2, 0) is 19.7 Å². The molecule has 1 heterocycles. The van der Waals surface area contributed by atoms with Crippen LogP contribution in [-0.4, -0.2) is 67.0 Å². The van der Waals surface area contributed by atoms with Gasteiger partial charge in [0, 0.05) is 26.2 Å². The van der Waals surface area contributed by atoms with E-state index in [-0.39, 0.29) is 18.4 Å². The molecule has 124 valence electrons. The van der Waals surface area contributed by atoms with E-state index < -0.39 is 15.8 Å². The summed E-state index contributed by atoms with van der Waals surface area (Å²) in [6, 6.07) is 0. The van der Waals surface area contributed by atoms with Crippen molar-refractivity contribution in [2.24, 2.45) is 5.92 Å². The first kappa shape index (κ1) is 18.3. The van der Waals surface area contributed by atoms with Crippen LogP contribution in [0.3, 0.4) is 0 Å². The van der Waals surface area contributed by atoms with Gasteiger partial charge >= 0.3 is 5.97 Å². The van der Waals surface area contributed by atoms with Crippen molar-refractivity contribution in [3.8, 4) is 0 Å². The van der Waals surface area contributed by atoms with E-state index in [4.69, 9.17) is 4.74 Å². The molecule has 1 aliphatic heterocycles. The number of likely N-dealkylation sites (N-methyl/N-ethyl adjacent to an activating group) is 1. The third kappa shape index (κ3) is 4.91. The van der Waals surface area contributed by atoms with E-state index >= 15 is 0 Å². The third-order valence-corrected chi connectivity index (χ3v) is 5.61. The standard InChI is InChI=1S/C13H26N2O5S/c1-5-14(10-13(2,3)17)21(18,19)15-8-6-11(7-9-15)12(16)20-4/h11,17H,5-10H2,1-4H3. The van der Waals surface area contributed by atoms with Crippen LogP contribution in [0, 0.1) is 5.92 Å². The van der Waals surface area contributed by atoms with E-state index in [1.807, 2.05) is 0 Å². The van der Waals surface area contributed by atoms with E-state index in [2.05, 4.69) is 0 Å². The highest BCUT2D eigenvalue weighted by Gasteiger charge is 2.36. The van der Waals surface area contributed by atoms with Gasteiger partial charge < -0.3 is 9.84 Å². The molecule has 0 aliphatic carbocycles. The Bertz CT molecular complexity index is 450. The summed E-state index contributed by atoms with van der Waals surface area (Å²) in [6.07, 6.45) is 0.929. The molecular formula is C13H26N2O5S. The summed E-state index contributed by atoms with van der Waals surface area (Å²) in [5.41, 5.74) is -1.09. The quantitative estimate of drug-likeness (QED) is 0.706. The van der Waals surface area contributed by atoms with Gasteiger partial charge in [-0.1, -0.05) is 6.92 Å². The van der Waals surface area contributed by atoms with Crippen LogP contribution in [0.1, 0.15) is 33.6 Å². The highest BCUT2D eigenvalue weighted by atomic mass is 32.2. The second-order valence-electron chi connectivity index (χ2n) is 5.94. The van der Waals surface area contributed by atoms with Gasteiger partial charge in [0.25, 0.3) is 10.2 Å². The fraction of sp³-hybridized carbons (Fsp3) is 0.923. The first-order chi connectivity index (χ1) is 9.61. The summed E-state index contributed by atoms with van der Waals surface area (Å²) < 4.78 is 32.5. The molecule has 0 unspecified atom stereocenters. The molecule has 7 nitrogen and oxygen atoms in total. The van der Waals surface area contributed by atoms with E-state index in [9.17, 15) is 18.3 Å². The number of piperidine rings is 1. The second kappa shape index (κ2) is 7.04. The summed E-state index contributed by atoms with van der Waals surface area (Å²) in [4.78, 5) is 11.5. The fourth-order valence-electron chi connectivity index (χ4n) is 2.44. The summed E-state index contributed by atoms with van der Waals surface area (Å²) in [7, 11) is -2.27. The number of rotatable bonds is 6. The van der Waals surface area contributed by atoms with Gasteiger partial charge in [0.15, 0.2) is 0 Å². The van der Waals surface area contributed by atoms with Crippen LogP contribution in [0.5, 0.6) is 0 Å². The number of carbonyl (C=O) groups is 1. The van der Waals surface area contributed by atoms with Gasteiger partial charge in [-0.2, -0.15) is 17.0 Å². The number of ether oxygens (including phenoxy) is 1. The molecule has 0 spiro atoms. The Balaban J connectivity index is 2.73. The predicted molar refractivity (Wildman–Crippen MR) is 78.8 cm³/mol. The first-order valence-electron chi connectivity index (χ1n) is 7.17. The van der Waals surface area contributed by atoms with E-state index in [1.54, 1.807) is 20.8 Å². The lowest BCUT2D eigenvalue weighted by Crippen LogP contribution is -2.51. The maximum absolute atomic E-state index is 12.6. The Hall–Kier alpha value is -0.700. The number of aliphatic hydroxyl groups is 1. The van der Waals surface area contributed by atoms with E-state index in [1.165, 1.54) is 15.7 Å². The molecule has 1 aliphatic rings. The summed E-state index contributed by atoms with van der Waals surface area (Å²) in [6.45, 7) is 5.83. The van der Waals surface area contributed by atoms with Crippen molar-refractivity contribution in [1.82, 2.24) is 8.61 Å². The van der Waals surface area contributed by atoms with Gasteiger partial charge in [-0.3, -0.25) is 4.79 Å². The van der Waals surface area contributed by atoms with Crippen molar-refractivity contribution in [3.05, 3.63) is 0 Å². The lowest BCUT2D eigenvalue weighted by Gasteiger charge is -2.35.